The van der Waals surface area contributed by atoms with Gasteiger partial charge in [0.05, 0.1) is 18.2 Å². The first-order valence-corrected chi connectivity index (χ1v) is 14.3. The van der Waals surface area contributed by atoms with E-state index in [4.69, 9.17) is 4.74 Å². The first kappa shape index (κ1) is 23.7. The summed E-state index contributed by atoms with van der Waals surface area (Å²) in [5, 5.41) is 7.50. The number of fused-ring (bicyclic) bond motifs is 1. The average Bonchev–Trinajstić information content (AvgIpc) is 3.57. The highest BCUT2D eigenvalue weighted by molar-refractivity contribution is 7.91. The number of rotatable bonds is 8. The number of sulfonamides is 1. The molecule has 0 saturated carbocycles. The lowest BCUT2D eigenvalue weighted by Gasteiger charge is -2.35. The van der Waals surface area contributed by atoms with Crippen molar-refractivity contribution < 1.29 is 17.9 Å². The second-order valence-corrected chi connectivity index (χ2v) is 11.9. The van der Waals surface area contributed by atoms with Crippen LogP contribution in [0.5, 0.6) is 0 Å². The van der Waals surface area contributed by atoms with Gasteiger partial charge in [0.25, 0.3) is 10.0 Å². The van der Waals surface area contributed by atoms with E-state index < -0.39 is 22.0 Å². The maximum absolute atomic E-state index is 13.4. The number of benzene rings is 2. The molecular weight excluding hydrogens is 502 g/mol. The van der Waals surface area contributed by atoms with Crippen LogP contribution in [0.1, 0.15) is 29.3 Å². The predicted octanol–water partition coefficient (Wildman–Crippen LogP) is 5.37. The van der Waals surface area contributed by atoms with Gasteiger partial charge in [-0.05, 0) is 41.1 Å². The fraction of sp³-hybridized carbons (Fsp3) is 0.200. The van der Waals surface area contributed by atoms with Crippen molar-refractivity contribution >= 4 is 49.5 Å². The Morgan fingerprint density at radius 2 is 1.86 bits per heavy atom. The third-order valence-corrected chi connectivity index (χ3v) is 9.83. The molecule has 0 aliphatic carbocycles. The van der Waals surface area contributed by atoms with Crippen LogP contribution in [0.4, 0.5) is 10.8 Å². The molecule has 0 fully saturated rings. The summed E-state index contributed by atoms with van der Waals surface area (Å²) in [5.74, 6) is -0.469. The lowest BCUT2D eigenvalue weighted by molar-refractivity contribution is -0.146. The number of carbonyl (C=O) groups is 1. The number of anilines is 2. The van der Waals surface area contributed by atoms with Crippen LogP contribution in [-0.4, -0.2) is 30.2 Å². The van der Waals surface area contributed by atoms with E-state index >= 15 is 0 Å². The minimum atomic E-state index is -3.72. The number of aromatic nitrogens is 1. The number of nitrogens with zero attached hydrogens (tertiary/aromatic N) is 2. The summed E-state index contributed by atoms with van der Waals surface area (Å²) < 4.78 is 33.9. The summed E-state index contributed by atoms with van der Waals surface area (Å²) in [5.41, 5.74) is 3.46. The highest BCUT2D eigenvalue weighted by atomic mass is 32.2. The third-order valence-electron chi connectivity index (χ3n) is 5.74. The van der Waals surface area contributed by atoms with Gasteiger partial charge in [0.1, 0.15) is 10.8 Å². The van der Waals surface area contributed by atoms with Gasteiger partial charge in [0.2, 0.25) is 0 Å². The van der Waals surface area contributed by atoms with Crippen molar-refractivity contribution in [3.05, 3.63) is 94.3 Å². The van der Waals surface area contributed by atoms with Gasteiger partial charge < -0.3 is 10.1 Å². The minimum Gasteiger partial charge on any atom is -0.459 e. The van der Waals surface area contributed by atoms with Crippen LogP contribution in [0.2, 0.25) is 0 Å². The fourth-order valence-corrected chi connectivity index (χ4v) is 7.54. The van der Waals surface area contributed by atoms with E-state index in [0.29, 0.717) is 23.8 Å². The molecule has 2 aromatic carbocycles. The highest BCUT2D eigenvalue weighted by Crippen LogP contribution is 2.37. The van der Waals surface area contributed by atoms with E-state index in [-0.39, 0.29) is 17.2 Å². The number of thiazole rings is 1. The molecule has 5 rings (SSSR count). The van der Waals surface area contributed by atoms with E-state index in [1.807, 2.05) is 60.0 Å². The summed E-state index contributed by atoms with van der Waals surface area (Å²) in [6, 6.07) is 20.1. The van der Waals surface area contributed by atoms with Crippen molar-refractivity contribution in [2.75, 3.05) is 11.9 Å². The Bertz CT molecular complexity index is 1400. The van der Waals surface area contributed by atoms with Gasteiger partial charge in [-0.2, -0.15) is 4.31 Å². The summed E-state index contributed by atoms with van der Waals surface area (Å²) in [4.78, 5) is 17.3. The van der Waals surface area contributed by atoms with Crippen LogP contribution >= 0.6 is 22.7 Å². The van der Waals surface area contributed by atoms with Crippen molar-refractivity contribution in [1.82, 2.24) is 9.29 Å². The van der Waals surface area contributed by atoms with Gasteiger partial charge in [-0.25, -0.2) is 13.4 Å². The number of hydrogen-bond acceptors (Lipinski definition) is 8. The molecule has 1 aliphatic rings. The molecule has 1 atom stereocenters. The maximum Gasteiger partial charge on any atom is 0.308 e. The number of esters is 1. The maximum atomic E-state index is 13.4. The largest absolute Gasteiger partial charge is 0.459 e. The monoisotopic (exact) mass is 525 g/mol. The van der Waals surface area contributed by atoms with Gasteiger partial charge in [0.15, 0.2) is 5.13 Å². The third kappa shape index (κ3) is 5.30. The van der Waals surface area contributed by atoms with E-state index in [0.717, 1.165) is 16.8 Å². The van der Waals surface area contributed by atoms with Crippen LogP contribution in [0.25, 0.3) is 0 Å². The molecule has 35 heavy (non-hydrogen) atoms. The Hall–Kier alpha value is -3.05. The van der Waals surface area contributed by atoms with Crippen molar-refractivity contribution in [3.8, 4) is 0 Å². The topological polar surface area (TPSA) is 88.6 Å². The molecule has 0 spiro atoms. The van der Waals surface area contributed by atoms with Crippen LogP contribution in [0.3, 0.4) is 0 Å². The van der Waals surface area contributed by atoms with Gasteiger partial charge in [-0.3, -0.25) is 4.79 Å². The predicted molar refractivity (Wildman–Crippen MR) is 137 cm³/mol. The fourth-order valence-electron chi connectivity index (χ4n) is 4.10. The molecule has 10 heteroatoms. The zero-order chi connectivity index (χ0) is 24.3. The number of carbonyl (C=O) groups excluding carboxylic acids is 1. The normalized spacial score (nSPS) is 15.9. The van der Waals surface area contributed by atoms with Gasteiger partial charge >= 0.3 is 5.97 Å². The Kier molecular flexibility index (Phi) is 6.96. The Morgan fingerprint density at radius 1 is 1.06 bits per heavy atom. The first-order chi connectivity index (χ1) is 17.0. The Morgan fingerprint density at radius 3 is 2.66 bits per heavy atom. The van der Waals surface area contributed by atoms with Gasteiger partial charge in [0, 0.05) is 17.6 Å². The Labute approximate surface area is 212 Å². The SMILES string of the molecule is O=C(CC1c2ccccc2CCN1S(=O)(=O)c1cccs1)OCc1csc(Nc2ccccc2)n1. The van der Waals surface area contributed by atoms with Gasteiger partial charge in [-0.1, -0.05) is 48.5 Å². The molecule has 0 saturated heterocycles. The number of nitrogens with one attached hydrogen (secondary N) is 1. The number of ether oxygens (including phenoxy) is 1. The summed E-state index contributed by atoms with van der Waals surface area (Å²) in [6.45, 7) is 0.341. The molecule has 4 aromatic rings. The van der Waals surface area contributed by atoms with Crippen LogP contribution in [-0.2, 0) is 32.6 Å². The first-order valence-electron chi connectivity index (χ1n) is 11.1. The highest BCUT2D eigenvalue weighted by Gasteiger charge is 2.38. The molecule has 1 N–H and O–H groups in total. The number of para-hydroxylation sites is 1. The molecule has 2 aromatic heterocycles. The molecular formula is C25H23N3O4S3. The average molecular weight is 526 g/mol. The Balaban J connectivity index is 1.28. The van der Waals surface area contributed by atoms with E-state index in [1.54, 1.807) is 17.5 Å². The van der Waals surface area contributed by atoms with Crippen molar-refractivity contribution in [2.45, 2.75) is 29.7 Å². The molecule has 0 radical (unpaired) electrons. The summed E-state index contributed by atoms with van der Waals surface area (Å²) in [7, 11) is -3.72. The number of thiophene rings is 1. The van der Waals surface area contributed by atoms with Crippen molar-refractivity contribution in [3.63, 3.8) is 0 Å². The van der Waals surface area contributed by atoms with Crippen LogP contribution < -0.4 is 5.32 Å². The molecule has 1 aliphatic heterocycles. The van der Waals surface area contributed by atoms with Crippen LogP contribution in [0, 0.1) is 0 Å². The lowest BCUT2D eigenvalue weighted by atomic mass is 9.92. The zero-order valence-corrected chi connectivity index (χ0v) is 21.1. The molecule has 3 heterocycles. The molecule has 7 nitrogen and oxygen atoms in total. The van der Waals surface area contributed by atoms with E-state index in [9.17, 15) is 13.2 Å². The zero-order valence-electron chi connectivity index (χ0n) is 18.7. The summed E-state index contributed by atoms with van der Waals surface area (Å²) >= 11 is 2.60. The van der Waals surface area contributed by atoms with Crippen molar-refractivity contribution in [2.24, 2.45) is 0 Å². The number of hydrogen-bond donors (Lipinski definition) is 1. The molecule has 0 bridgehead atoms. The quantitative estimate of drug-likeness (QED) is 0.311. The van der Waals surface area contributed by atoms with Crippen LogP contribution in [0.15, 0.2) is 81.7 Å². The standard InChI is InChI=1S/C25H23N3O4S3/c29-23(32-16-20-17-34-25(27-20)26-19-8-2-1-3-9-19)15-22-21-10-5-4-7-18(21)12-13-28(22)35(30,31)24-11-6-14-33-24/h1-11,14,17,22H,12-13,15-16H2,(H,26,27). The molecule has 0 amide bonds. The van der Waals surface area contributed by atoms with Crippen molar-refractivity contribution in [1.29, 1.82) is 0 Å². The molecule has 1 unspecified atom stereocenters. The smallest absolute Gasteiger partial charge is 0.308 e. The van der Waals surface area contributed by atoms with E-state index in [2.05, 4.69) is 10.3 Å². The van der Waals surface area contributed by atoms with E-state index in [1.165, 1.54) is 27.0 Å². The molecule has 180 valence electrons. The second kappa shape index (κ2) is 10.3. The van der Waals surface area contributed by atoms with Gasteiger partial charge in [-0.15, -0.1) is 22.7 Å². The second-order valence-electron chi connectivity index (χ2n) is 8.01. The minimum absolute atomic E-state index is 0.0256. The summed E-state index contributed by atoms with van der Waals surface area (Å²) in [6.07, 6.45) is 0.531. The lowest BCUT2D eigenvalue weighted by Crippen LogP contribution is -2.40.